The Bertz CT molecular complexity index is 324. The summed E-state index contributed by atoms with van der Waals surface area (Å²) in [5.74, 6) is 0.385. The SMILES string of the molecule is CCCN1CCCC1c1cccc(O)c1. The normalized spacial score (nSPS) is 22.1. The second-order valence-electron chi connectivity index (χ2n) is 4.29. The largest absolute Gasteiger partial charge is 0.508 e. The van der Waals surface area contributed by atoms with Crippen LogP contribution >= 0.6 is 0 Å². The van der Waals surface area contributed by atoms with Crippen LogP contribution in [0.2, 0.25) is 0 Å². The second kappa shape index (κ2) is 4.67. The van der Waals surface area contributed by atoms with Crippen molar-refractivity contribution in [3.8, 4) is 5.75 Å². The highest BCUT2D eigenvalue weighted by Crippen LogP contribution is 2.32. The molecular weight excluding hydrogens is 186 g/mol. The molecule has 1 N–H and O–H groups in total. The quantitative estimate of drug-likeness (QED) is 0.820. The Labute approximate surface area is 91.5 Å². The topological polar surface area (TPSA) is 23.5 Å². The summed E-state index contributed by atoms with van der Waals surface area (Å²) in [7, 11) is 0. The fourth-order valence-corrected chi connectivity index (χ4v) is 2.49. The molecular formula is C13H19NO. The molecule has 0 bridgehead atoms. The van der Waals surface area contributed by atoms with Crippen molar-refractivity contribution in [3.05, 3.63) is 29.8 Å². The summed E-state index contributed by atoms with van der Waals surface area (Å²) in [6.07, 6.45) is 3.71. The molecule has 0 aliphatic carbocycles. The van der Waals surface area contributed by atoms with E-state index in [0.29, 0.717) is 11.8 Å². The number of aromatic hydroxyl groups is 1. The zero-order chi connectivity index (χ0) is 10.7. The molecule has 2 rings (SSSR count). The summed E-state index contributed by atoms with van der Waals surface area (Å²) in [6.45, 7) is 4.59. The Kier molecular flexibility index (Phi) is 3.27. The van der Waals surface area contributed by atoms with Gasteiger partial charge in [-0.3, -0.25) is 4.90 Å². The van der Waals surface area contributed by atoms with Crippen LogP contribution in [-0.2, 0) is 0 Å². The first-order valence-electron chi connectivity index (χ1n) is 5.84. The number of hydrogen-bond acceptors (Lipinski definition) is 2. The lowest BCUT2D eigenvalue weighted by Gasteiger charge is -2.24. The van der Waals surface area contributed by atoms with E-state index in [4.69, 9.17) is 0 Å². The van der Waals surface area contributed by atoms with Crippen LogP contribution in [0.1, 0.15) is 37.8 Å². The maximum atomic E-state index is 9.47. The molecule has 1 fully saturated rings. The van der Waals surface area contributed by atoms with Crippen LogP contribution in [-0.4, -0.2) is 23.1 Å². The van der Waals surface area contributed by atoms with E-state index in [1.165, 1.54) is 37.9 Å². The third kappa shape index (κ3) is 2.32. The lowest BCUT2D eigenvalue weighted by atomic mass is 10.0. The molecule has 1 aromatic carbocycles. The third-order valence-corrected chi connectivity index (χ3v) is 3.13. The van der Waals surface area contributed by atoms with Gasteiger partial charge < -0.3 is 5.11 Å². The number of likely N-dealkylation sites (tertiary alicyclic amines) is 1. The summed E-state index contributed by atoms with van der Waals surface area (Å²) >= 11 is 0. The maximum Gasteiger partial charge on any atom is 0.115 e. The van der Waals surface area contributed by atoms with E-state index >= 15 is 0 Å². The zero-order valence-corrected chi connectivity index (χ0v) is 9.32. The van der Waals surface area contributed by atoms with E-state index in [9.17, 15) is 5.11 Å². The van der Waals surface area contributed by atoms with Gasteiger partial charge in [-0.05, 0) is 50.0 Å². The summed E-state index contributed by atoms with van der Waals surface area (Å²) in [4.78, 5) is 2.52. The molecule has 2 nitrogen and oxygen atoms in total. The van der Waals surface area contributed by atoms with Crippen molar-refractivity contribution >= 4 is 0 Å². The van der Waals surface area contributed by atoms with Crippen LogP contribution in [0.25, 0.3) is 0 Å². The fraction of sp³-hybridized carbons (Fsp3) is 0.538. The Hall–Kier alpha value is -1.02. The van der Waals surface area contributed by atoms with Gasteiger partial charge in [0.2, 0.25) is 0 Å². The smallest absolute Gasteiger partial charge is 0.115 e. The van der Waals surface area contributed by atoms with E-state index in [1.807, 2.05) is 12.1 Å². The first-order chi connectivity index (χ1) is 7.31. The fourth-order valence-electron chi connectivity index (χ4n) is 2.49. The van der Waals surface area contributed by atoms with Gasteiger partial charge in [0.15, 0.2) is 0 Å². The van der Waals surface area contributed by atoms with Gasteiger partial charge in [0, 0.05) is 6.04 Å². The Balaban J connectivity index is 2.15. The van der Waals surface area contributed by atoms with Gasteiger partial charge in [-0.25, -0.2) is 0 Å². The van der Waals surface area contributed by atoms with E-state index < -0.39 is 0 Å². The van der Waals surface area contributed by atoms with Crippen molar-refractivity contribution in [1.82, 2.24) is 4.90 Å². The molecule has 0 amide bonds. The molecule has 1 heterocycles. The summed E-state index contributed by atoms with van der Waals surface area (Å²) in [5.41, 5.74) is 1.26. The Morgan fingerprint density at radius 1 is 1.47 bits per heavy atom. The molecule has 0 spiro atoms. The van der Waals surface area contributed by atoms with Gasteiger partial charge in [0.1, 0.15) is 5.75 Å². The number of benzene rings is 1. The van der Waals surface area contributed by atoms with Crippen molar-refractivity contribution in [3.63, 3.8) is 0 Å². The first kappa shape index (κ1) is 10.5. The minimum atomic E-state index is 0.385. The molecule has 82 valence electrons. The highest BCUT2D eigenvalue weighted by Gasteiger charge is 2.24. The van der Waals surface area contributed by atoms with Crippen molar-refractivity contribution in [1.29, 1.82) is 0 Å². The minimum Gasteiger partial charge on any atom is -0.508 e. The predicted molar refractivity (Wildman–Crippen MR) is 61.9 cm³/mol. The average Bonchev–Trinajstić information content (AvgIpc) is 2.66. The van der Waals surface area contributed by atoms with Crippen LogP contribution in [0.5, 0.6) is 5.75 Å². The minimum absolute atomic E-state index is 0.385. The number of rotatable bonds is 3. The molecule has 0 aromatic heterocycles. The molecule has 1 unspecified atom stereocenters. The summed E-state index contributed by atoms with van der Waals surface area (Å²) in [5, 5.41) is 9.47. The van der Waals surface area contributed by atoms with Crippen molar-refractivity contribution in [2.24, 2.45) is 0 Å². The molecule has 15 heavy (non-hydrogen) atoms. The van der Waals surface area contributed by atoms with Crippen LogP contribution in [0.4, 0.5) is 0 Å². The number of nitrogens with zero attached hydrogens (tertiary/aromatic N) is 1. The highest BCUT2D eigenvalue weighted by atomic mass is 16.3. The molecule has 0 radical (unpaired) electrons. The van der Waals surface area contributed by atoms with Gasteiger partial charge in [-0.15, -0.1) is 0 Å². The molecule has 1 atom stereocenters. The van der Waals surface area contributed by atoms with Gasteiger partial charge in [-0.1, -0.05) is 19.1 Å². The number of phenolic OH excluding ortho intramolecular Hbond substituents is 1. The Morgan fingerprint density at radius 2 is 2.33 bits per heavy atom. The molecule has 0 saturated carbocycles. The monoisotopic (exact) mass is 205 g/mol. The third-order valence-electron chi connectivity index (χ3n) is 3.13. The van der Waals surface area contributed by atoms with Crippen LogP contribution < -0.4 is 0 Å². The summed E-state index contributed by atoms with van der Waals surface area (Å²) in [6, 6.07) is 8.23. The van der Waals surface area contributed by atoms with E-state index in [0.717, 1.165) is 0 Å². The standard InChI is InChI=1S/C13H19NO/c1-2-8-14-9-4-7-13(14)11-5-3-6-12(15)10-11/h3,5-6,10,13,15H,2,4,7-9H2,1H3. The lowest BCUT2D eigenvalue weighted by Crippen LogP contribution is -2.23. The van der Waals surface area contributed by atoms with Crippen molar-refractivity contribution in [2.75, 3.05) is 13.1 Å². The number of hydrogen-bond donors (Lipinski definition) is 1. The summed E-state index contributed by atoms with van der Waals surface area (Å²) < 4.78 is 0. The van der Waals surface area contributed by atoms with Crippen LogP contribution in [0.3, 0.4) is 0 Å². The van der Waals surface area contributed by atoms with Crippen LogP contribution in [0, 0.1) is 0 Å². The zero-order valence-electron chi connectivity index (χ0n) is 9.32. The Morgan fingerprint density at radius 3 is 3.07 bits per heavy atom. The molecule has 1 aliphatic rings. The molecule has 1 saturated heterocycles. The van der Waals surface area contributed by atoms with Crippen molar-refractivity contribution in [2.45, 2.75) is 32.2 Å². The lowest BCUT2D eigenvalue weighted by molar-refractivity contribution is 0.257. The number of phenols is 1. The van der Waals surface area contributed by atoms with Crippen molar-refractivity contribution < 1.29 is 5.11 Å². The van der Waals surface area contributed by atoms with Crippen LogP contribution in [0.15, 0.2) is 24.3 Å². The first-order valence-corrected chi connectivity index (χ1v) is 5.84. The maximum absolute atomic E-state index is 9.47. The molecule has 2 heteroatoms. The van der Waals surface area contributed by atoms with E-state index in [-0.39, 0.29) is 0 Å². The van der Waals surface area contributed by atoms with Gasteiger partial charge in [0.25, 0.3) is 0 Å². The van der Waals surface area contributed by atoms with Gasteiger partial charge in [0.05, 0.1) is 0 Å². The second-order valence-corrected chi connectivity index (χ2v) is 4.29. The van der Waals surface area contributed by atoms with E-state index in [2.05, 4.69) is 17.9 Å². The predicted octanol–water partition coefficient (Wildman–Crippen LogP) is 2.94. The van der Waals surface area contributed by atoms with E-state index in [1.54, 1.807) is 6.07 Å². The average molecular weight is 205 g/mol. The van der Waals surface area contributed by atoms with Gasteiger partial charge >= 0.3 is 0 Å². The highest BCUT2D eigenvalue weighted by molar-refractivity contribution is 5.29. The molecule has 1 aromatic rings. The van der Waals surface area contributed by atoms with Gasteiger partial charge in [-0.2, -0.15) is 0 Å². The molecule has 1 aliphatic heterocycles.